The van der Waals surface area contributed by atoms with Gasteiger partial charge in [0, 0.05) is 15.0 Å². The molecule has 7 nitrogen and oxygen atoms in total. The molecule has 0 saturated heterocycles. The molecule has 0 fully saturated rings. The molecule has 2 heterocycles. The second kappa shape index (κ2) is 11.4. The van der Waals surface area contributed by atoms with E-state index in [1.807, 2.05) is 19.9 Å². The molecule has 0 aliphatic carbocycles. The van der Waals surface area contributed by atoms with E-state index < -0.39 is 17.8 Å². The molecule has 0 radical (unpaired) electrons. The molecule has 2 aromatic carbocycles. The third kappa shape index (κ3) is 7.18. The Hall–Kier alpha value is -3.38. The predicted octanol–water partition coefficient (Wildman–Crippen LogP) is 7.73. The molecule has 0 saturated carbocycles. The van der Waals surface area contributed by atoms with Crippen LogP contribution in [0.25, 0.3) is 11.1 Å². The molecule has 2 aromatic heterocycles. The molecule has 4 aromatic rings. The maximum Gasteiger partial charge on any atom is 0.416 e. The van der Waals surface area contributed by atoms with E-state index in [0.717, 1.165) is 44.2 Å². The number of amides is 1. The van der Waals surface area contributed by atoms with Crippen LogP contribution in [0.15, 0.2) is 53.4 Å². The summed E-state index contributed by atoms with van der Waals surface area (Å²) in [4.78, 5) is 14.3. The molecule has 39 heavy (non-hydrogen) atoms. The number of H-pyrrole nitrogens is 1. The van der Waals surface area contributed by atoms with Crippen molar-refractivity contribution < 1.29 is 22.7 Å². The van der Waals surface area contributed by atoms with Gasteiger partial charge in [0.25, 0.3) is 0 Å². The summed E-state index contributed by atoms with van der Waals surface area (Å²) in [7, 11) is 0. The molecule has 1 amide bonds. The number of aryl methyl sites for hydroxylation is 2. The quantitative estimate of drug-likeness (QED) is 0.219. The molecule has 1 unspecified atom stereocenters. The number of aromatic nitrogens is 4. The van der Waals surface area contributed by atoms with Gasteiger partial charge in [-0.25, -0.2) is 9.89 Å². The molecule has 4 rings (SSSR count). The predicted molar refractivity (Wildman–Crippen MR) is 146 cm³/mol. The average Bonchev–Trinajstić information content (AvgIpc) is 3.52. The number of hydrogen-bond donors (Lipinski definition) is 2. The molecule has 12 heteroatoms. The van der Waals surface area contributed by atoms with Gasteiger partial charge in [-0.15, -0.1) is 28.2 Å². The molecular formula is C27H28F3N5O2S2. The lowest BCUT2D eigenvalue weighted by atomic mass is 9.91. The number of benzene rings is 2. The number of halogens is 3. The Balaban J connectivity index is 1.50. The first-order chi connectivity index (χ1) is 18.3. The highest BCUT2D eigenvalue weighted by Crippen LogP contribution is 2.51. The van der Waals surface area contributed by atoms with Gasteiger partial charge in [-0.1, -0.05) is 32.9 Å². The first-order valence-electron chi connectivity index (χ1n) is 12.0. The van der Waals surface area contributed by atoms with Gasteiger partial charge in [-0.3, -0.25) is 0 Å². The molecule has 206 valence electrons. The van der Waals surface area contributed by atoms with Crippen LogP contribution in [0.1, 0.15) is 53.4 Å². The highest BCUT2D eigenvalue weighted by molar-refractivity contribution is 7.99. The number of thiophene rings is 1. The number of thioether (sulfide) groups is 1. The first kappa shape index (κ1) is 28.6. The van der Waals surface area contributed by atoms with E-state index in [4.69, 9.17) is 4.74 Å². The molecule has 0 bridgehead atoms. The summed E-state index contributed by atoms with van der Waals surface area (Å²) in [5, 5.41) is 16.3. The molecule has 2 N–H and O–H groups in total. The van der Waals surface area contributed by atoms with E-state index in [9.17, 15) is 18.0 Å². The summed E-state index contributed by atoms with van der Waals surface area (Å²) in [5.74, 6) is 0.415. The van der Waals surface area contributed by atoms with Crippen LogP contribution in [0.3, 0.4) is 0 Å². The minimum absolute atomic E-state index is 0.0545. The van der Waals surface area contributed by atoms with Crippen LogP contribution in [-0.4, -0.2) is 26.7 Å². The van der Waals surface area contributed by atoms with Gasteiger partial charge in [-0.2, -0.15) is 13.2 Å². The Morgan fingerprint density at radius 3 is 2.31 bits per heavy atom. The summed E-state index contributed by atoms with van der Waals surface area (Å²) in [6, 6.07) is 13.2. The fourth-order valence-corrected chi connectivity index (χ4v) is 6.82. The standard InChI is InChI=1S/C27H28F3N5O2S2/c1-15-12-19(13-16(2)23(15)17-6-8-18(9-7-17)27(28,29)30)38-24(26(3,4)5)20-10-11-22(39-20)37-25(36)31-14-21-32-34-35-33-21/h6-13,24H,14H2,1-5H3,(H,31,36)(H,32,33,34,35). The maximum atomic E-state index is 13.0. The fourth-order valence-electron chi connectivity index (χ4n) is 4.14. The summed E-state index contributed by atoms with van der Waals surface area (Å²) in [6.45, 7) is 10.5. The lowest BCUT2D eigenvalue weighted by molar-refractivity contribution is -0.137. The minimum atomic E-state index is -4.36. The van der Waals surface area contributed by atoms with E-state index >= 15 is 0 Å². The van der Waals surface area contributed by atoms with Crippen molar-refractivity contribution in [3.05, 3.63) is 75.9 Å². The van der Waals surface area contributed by atoms with Gasteiger partial charge in [-0.05, 0) is 88.3 Å². The van der Waals surface area contributed by atoms with Crippen LogP contribution in [0.4, 0.5) is 18.0 Å². The van der Waals surface area contributed by atoms with E-state index in [0.29, 0.717) is 10.9 Å². The van der Waals surface area contributed by atoms with Crippen LogP contribution in [0.5, 0.6) is 5.06 Å². The monoisotopic (exact) mass is 575 g/mol. The second-order valence-electron chi connectivity index (χ2n) is 10.1. The summed E-state index contributed by atoms with van der Waals surface area (Å²) < 4.78 is 44.5. The molecular weight excluding hydrogens is 547 g/mol. The van der Waals surface area contributed by atoms with Crippen molar-refractivity contribution in [1.82, 2.24) is 25.9 Å². The Bertz CT molecular complexity index is 1410. The highest BCUT2D eigenvalue weighted by atomic mass is 32.2. The van der Waals surface area contributed by atoms with Crippen molar-refractivity contribution >= 4 is 29.2 Å². The van der Waals surface area contributed by atoms with Crippen LogP contribution < -0.4 is 10.1 Å². The van der Waals surface area contributed by atoms with Crippen LogP contribution in [0, 0.1) is 19.3 Å². The largest absolute Gasteiger partial charge is 0.416 e. The van der Waals surface area contributed by atoms with Crippen LogP contribution >= 0.6 is 23.1 Å². The number of alkyl halides is 3. The zero-order valence-corrected chi connectivity index (χ0v) is 23.6. The Morgan fingerprint density at radius 2 is 1.74 bits per heavy atom. The summed E-state index contributed by atoms with van der Waals surface area (Å²) in [5.41, 5.74) is 2.87. The number of nitrogens with zero attached hydrogens (tertiary/aromatic N) is 3. The lowest BCUT2D eigenvalue weighted by Crippen LogP contribution is -2.26. The van der Waals surface area contributed by atoms with Gasteiger partial charge in [0.2, 0.25) is 0 Å². The van der Waals surface area contributed by atoms with Gasteiger partial charge in [0.05, 0.1) is 12.1 Å². The number of carbonyl (C=O) groups excluding carboxylic acids is 1. The molecule has 0 aliphatic heterocycles. The number of ether oxygens (including phenoxy) is 1. The van der Waals surface area contributed by atoms with Gasteiger partial charge >= 0.3 is 12.3 Å². The zero-order valence-electron chi connectivity index (χ0n) is 22.0. The van der Waals surface area contributed by atoms with Crippen molar-refractivity contribution in [3.8, 4) is 16.2 Å². The van der Waals surface area contributed by atoms with Crippen molar-refractivity contribution in [1.29, 1.82) is 0 Å². The Kier molecular flexibility index (Phi) is 8.36. The number of carbonyl (C=O) groups is 1. The van der Waals surface area contributed by atoms with Gasteiger partial charge in [0.15, 0.2) is 10.9 Å². The van der Waals surface area contributed by atoms with E-state index in [2.05, 4.69) is 58.8 Å². The average molecular weight is 576 g/mol. The smallest absolute Gasteiger partial charge is 0.399 e. The number of tetrazole rings is 1. The van der Waals surface area contributed by atoms with Crippen molar-refractivity contribution in [3.63, 3.8) is 0 Å². The van der Waals surface area contributed by atoms with Crippen molar-refractivity contribution in [2.45, 2.75) is 57.5 Å². The summed E-state index contributed by atoms with van der Waals surface area (Å²) in [6.07, 6.45) is -4.97. The van der Waals surface area contributed by atoms with Gasteiger partial charge < -0.3 is 10.1 Å². The highest BCUT2D eigenvalue weighted by Gasteiger charge is 2.31. The van der Waals surface area contributed by atoms with Crippen molar-refractivity contribution in [2.24, 2.45) is 5.41 Å². The van der Waals surface area contributed by atoms with Gasteiger partial charge in [0.1, 0.15) is 0 Å². The molecule has 1 atom stereocenters. The van der Waals surface area contributed by atoms with E-state index in [1.54, 1.807) is 17.8 Å². The topological polar surface area (TPSA) is 92.8 Å². The van der Waals surface area contributed by atoms with Crippen LogP contribution in [-0.2, 0) is 12.7 Å². The molecule has 0 spiro atoms. The lowest BCUT2D eigenvalue weighted by Gasteiger charge is -2.30. The van der Waals surface area contributed by atoms with E-state index in [1.165, 1.54) is 23.5 Å². The van der Waals surface area contributed by atoms with Crippen molar-refractivity contribution in [2.75, 3.05) is 0 Å². The molecule has 0 aliphatic rings. The summed E-state index contributed by atoms with van der Waals surface area (Å²) >= 11 is 3.11. The van der Waals surface area contributed by atoms with E-state index in [-0.39, 0.29) is 17.2 Å². The Labute approximate surface area is 232 Å². The number of nitrogens with one attached hydrogen (secondary N) is 2. The number of rotatable bonds is 7. The SMILES string of the molecule is Cc1cc(SC(c2ccc(OC(=O)NCc3nnn[nH]3)s2)C(C)(C)C)cc(C)c1-c1ccc(C(F)(F)F)cc1. The fraction of sp³-hybridized carbons (Fsp3) is 0.333. The minimum Gasteiger partial charge on any atom is -0.399 e. The number of aromatic amines is 1. The van der Waals surface area contributed by atoms with Crippen LogP contribution in [0.2, 0.25) is 0 Å². The maximum absolute atomic E-state index is 13.0. The zero-order chi connectivity index (χ0) is 28.4. The number of hydrogen-bond acceptors (Lipinski definition) is 7. The third-order valence-corrected chi connectivity index (χ3v) is 8.77. The Morgan fingerprint density at radius 1 is 1.08 bits per heavy atom. The second-order valence-corrected chi connectivity index (χ2v) is 12.4. The third-order valence-electron chi connectivity index (χ3n) is 5.89. The first-order valence-corrected chi connectivity index (χ1v) is 13.7. The normalized spacial score (nSPS) is 12.8.